The zero-order chi connectivity index (χ0) is 46.1. The minimum Gasteiger partial charge on any atom is -0.368 e. The van der Waals surface area contributed by atoms with Gasteiger partial charge in [0.25, 0.3) is 0 Å². The van der Waals surface area contributed by atoms with Gasteiger partial charge in [0.2, 0.25) is 70.9 Å². The highest BCUT2D eigenvalue weighted by Gasteiger charge is 2.45. The van der Waals surface area contributed by atoms with Crippen LogP contribution in [0.2, 0.25) is 0 Å². The lowest BCUT2D eigenvalue weighted by molar-refractivity contribution is -0.141. The largest absolute Gasteiger partial charge is 0.368 e. The molecular formula is C39H54N12O12. The van der Waals surface area contributed by atoms with E-state index in [4.69, 9.17) is 5.73 Å². The average Bonchev–Trinajstić information content (AvgIpc) is 3.95. The summed E-state index contributed by atoms with van der Waals surface area (Å²) in [7, 11) is 0. The number of hydrogen-bond donors (Lipinski definition) is 11. The molecule has 3 fully saturated rings. The lowest BCUT2D eigenvalue weighted by atomic mass is 9.95. The average molecular weight is 883 g/mol. The molecule has 1 aliphatic carbocycles. The normalized spacial score (nSPS) is 23.8. The number of primary amides is 1. The zero-order valence-corrected chi connectivity index (χ0v) is 34.8. The second-order valence-corrected chi connectivity index (χ2v) is 15.3. The van der Waals surface area contributed by atoms with Gasteiger partial charge in [-0.05, 0) is 38.2 Å². The molecule has 3 atom stereocenters. The number of nitrogens with two attached hydrogens (primary N) is 1. The monoisotopic (exact) mass is 882 g/mol. The molecule has 3 unspecified atom stereocenters. The lowest BCUT2D eigenvalue weighted by Gasteiger charge is -2.32. The third kappa shape index (κ3) is 15.4. The number of hydrogen-bond acceptors (Lipinski definition) is 12. The molecule has 0 aromatic heterocycles. The molecule has 2 saturated heterocycles. The molecule has 12 amide bonds. The first kappa shape index (κ1) is 48.5. The van der Waals surface area contributed by atoms with Crippen LogP contribution in [-0.4, -0.2) is 152 Å². The van der Waals surface area contributed by atoms with Gasteiger partial charge >= 0.3 is 0 Å². The fourth-order valence-corrected chi connectivity index (χ4v) is 7.05. The Hall–Kier alpha value is -7.14. The van der Waals surface area contributed by atoms with Gasteiger partial charge in [0.1, 0.15) is 23.7 Å². The number of amides is 12. The first-order chi connectivity index (χ1) is 29.9. The van der Waals surface area contributed by atoms with Gasteiger partial charge in [0, 0.05) is 13.0 Å². The summed E-state index contributed by atoms with van der Waals surface area (Å²) < 4.78 is 0. The molecular weight excluding hydrogens is 829 g/mol. The van der Waals surface area contributed by atoms with Crippen LogP contribution in [0.15, 0.2) is 24.3 Å². The van der Waals surface area contributed by atoms with Gasteiger partial charge in [-0.3, -0.25) is 57.5 Å². The van der Waals surface area contributed by atoms with Crippen molar-refractivity contribution < 1.29 is 57.5 Å². The van der Waals surface area contributed by atoms with E-state index >= 15 is 0 Å². The molecule has 1 aromatic rings. The Kier molecular flexibility index (Phi) is 17.9. The maximum absolute atomic E-state index is 13.6. The molecule has 12 N–H and O–H groups in total. The number of fused-ring (bicyclic) bond motifs is 1. The lowest BCUT2D eigenvalue weighted by Crippen LogP contribution is -2.61. The number of aryl methyl sites for hydroxylation is 1. The number of benzene rings is 1. The van der Waals surface area contributed by atoms with Crippen LogP contribution in [-0.2, 0) is 64.0 Å². The fraction of sp³-hybridized carbons (Fsp3) is 0.538. The summed E-state index contributed by atoms with van der Waals surface area (Å²) in [5.74, 6) is -9.48. The second-order valence-electron chi connectivity index (χ2n) is 15.3. The van der Waals surface area contributed by atoms with Crippen molar-refractivity contribution in [2.24, 2.45) is 5.73 Å². The molecule has 2 heterocycles. The minimum atomic E-state index is -1.54. The van der Waals surface area contributed by atoms with Crippen LogP contribution in [0.4, 0.5) is 0 Å². The first-order valence-corrected chi connectivity index (χ1v) is 20.4. The van der Waals surface area contributed by atoms with Gasteiger partial charge in [-0.2, -0.15) is 0 Å². The van der Waals surface area contributed by atoms with E-state index in [9.17, 15) is 57.5 Å². The van der Waals surface area contributed by atoms with Gasteiger partial charge in [-0.25, -0.2) is 0 Å². The maximum Gasteiger partial charge on any atom is 0.246 e. The van der Waals surface area contributed by atoms with Crippen molar-refractivity contribution in [3.8, 4) is 0 Å². The first-order valence-electron chi connectivity index (χ1n) is 20.4. The summed E-state index contributed by atoms with van der Waals surface area (Å²) in [6.45, 7) is -2.17. The molecule has 63 heavy (non-hydrogen) atoms. The van der Waals surface area contributed by atoms with Crippen LogP contribution in [0.5, 0.6) is 0 Å². The van der Waals surface area contributed by atoms with Crippen molar-refractivity contribution >= 4 is 70.9 Å². The Morgan fingerprint density at radius 1 is 0.619 bits per heavy atom. The summed E-state index contributed by atoms with van der Waals surface area (Å²) >= 11 is 0. The summed E-state index contributed by atoms with van der Waals surface area (Å²) in [6, 6.07) is 3.37. The second kappa shape index (κ2) is 23.2. The Bertz CT molecular complexity index is 1950. The fourth-order valence-electron chi connectivity index (χ4n) is 7.05. The molecule has 1 saturated carbocycles. The number of rotatable bonds is 3. The summed E-state index contributed by atoms with van der Waals surface area (Å²) in [4.78, 5) is 155. The van der Waals surface area contributed by atoms with Crippen molar-refractivity contribution in [3.63, 3.8) is 0 Å². The molecule has 3 aliphatic rings. The molecule has 1 spiro atoms. The quantitative estimate of drug-likeness (QED) is 0.135. The Labute approximate surface area is 361 Å². The zero-order valence-electron chi connectivity index (χ0n) is 34.8. The van der Waals surface area contributed by atoms with Crippen LogP contribution in [0.3, 0.4) is 0 Å². The molecule has 1 aromatic carbocycles. The highest BCUT2D eigenvalue weighted by molar-refractivity contribution is 5.98. The van der Waals surface area contributed by atoms with Gasteiger partial charge < -0.3 is 63.8 Å². The van der Waals surface area contributed by atoms with E-state index in [1.165, 1.54) is 4.90 Å². The topological polar surface area (TPSA) is 354 Å². The van der Waals surface area contributed by atoms with E-state index in [1.54, 1.807) is 24.3 Å². The van der Waals surface area contributed by atoms with Crippen LogP contribution < -0.4 is 58.9 Å². The van der Waals surface area contributed by atoms with E-state index in [0.717, 1.165) is 5.56 Å². The van der Waals surface area contributed by atoms with Crippen molar-refractivity contribution in [2.75, 3.05) is 52.4 Å². The minimum absolute atomic E-state index is 0.00193. The van der Waals surface area contributed by atoms with Crippen molar-refractivity contribution in [2.45, 2.75) is 82.0 Å². The molecule has 4 rings (SSSR count). The number of nitrogens with one attached hydrogen (secondary N) is 10. The predicted octanol–water partition coefficient (Wildman–Crippen LogP) is -6.37. The number of carbonyl (C=O) groups excluding carboxylic acids is 12. The van der Waals surface area contributed by atoms with Crippen LogP contribution in [0, 0.1) is 6.92 Å². The number of nitrogens with zero attached hydrogens (tertiary/aromatic N) is 1. The maximum atomic E-state index is 13.6. The van der Waals surface area contributed by atoms with Crippen LogP contribution in [0.25, 0.3) is 0 Å². The third-order valence-electron chi connectivity index (χ3n) is 10.5. The van der Waals surface area contributed by atoms with Crippen molar-refractivity contribution in [3.05, 3.63) is 35.4 Å². The van der Waals surface area contributed by atoms with Crippen molar-refractivity contribution in [1.82, 2.24) is 58.1 Å². The molecule has 2 aliphatic heterocycles. The van der Waals surface area contributed by atoms with Gasteiger partial charge in [0.05, 0.1) is 52.2 Å². The van der Waals surface area contributed by atoms with Gasteiger partial charge in [-0.15, -0.1) is 0 Å². The van der Waals surface area contributed by atoms with E-state index < -0.39 is 147 Å². The third-order valence-corrected chi connectivity index (χ3v) is 10.5. The molecule has 0 bridgehead atoms. The SMILES string of the molecule is Cc1ccc(CC2NC(=O)CNC(=O)CNC(=O)CNC(=O)CNC(=O)CC(C(N)=O)NC(=O)CNC(=O)C3(CCCC3)NC(=O)C3CCCN3C(=O)CNC(=O)CNC2=O)cc1. The van der Waals surface area contributed by atoms with E-state index in [2.05, 4.69) is 53.2 Å². The van der Waals surface area contributed by atoms with Crippen molar-refractivity contribution in [1.29, 1.82) is 0 Å². The van der Waals surface area contributed by atoms with Gasteiger partial charge in [-0.1, -0.05) is 42.7 Å². The number of carbonyl (C=O) groups is 12. The van der Waals surface area contributed by atoms with Crippen LogP contribution >= 0.6 is 0 Å². The molecule has 342 valence electrons. The van der Waals surface area contributed by atoms with Crippen LogP contribution in [0.1, 0.15) is 56.1 Å². The van der Waals surface area contributed by atoms with E-state index in [0.29, 0.717) is 24.8 Å². The molecule has 24 nitrogen and oxygen atoms in total. The Balaban J connectivity index is 1.45. The summed E-state index contributed by atoms with van der Waals surface area (Å²) in [5.41, 5.74) is 5.56. The van der Waals surface area contributed by atoms with E-state index in [1.807, 2.05) is 6.92 Å². The predicted molar refractivity (Wildman–Crippen MR) is 218 cm³/mol. The summed E-state index contributed by atoms with van der Waals surface area (Å²) in [6.07, 6.45) is 1.62. The highest BCUT2D eigenvalue weighted by Crippen LogP contribution is 2.31. The summed E-state index contributed by atoms with van der Waals surface area (Å²) in [5, 5.41) is 23.8. The standard InChI is InChI=1S/C39H54N12O12/c1-22-6-8-23(9-7-22)13-25-36(61)46-18-31(56)45-21-34(59)51-12-4-5-26(51)37(62)50-39(10-2-3-11-39)38(63)47-20-33(58)48-24(35(40)60)14-27(52)41-15-28(53)42-16-29(54)43-17-30(55)44-19-32(57)49-25/h6-9,24-26H,2-5,10-21H2,1H3,(H2,40,60)(H,41,52)(H,42,53)(H,43,54)(H,44,55)(H,45,56)(H,46,61)(H,47,63)(H,48,58)(H,49,57)(H,50,62). The van der Waals surface area contributed by atoms with E-state index in [-0.39, 0.29) is 32.2 Å². The highest BCUT2D eigenvalue weighted by atomic mass is 16.2. The Morgan fingerprint density at radius 2 is 1.13 bits per heavy atom. The smallest absolute Gasteiger partial charge is 0.246 e. The van der Waals surface area contributed by atoms with Gasteiger partial charge in [0.15, 0.2) is 0 Å². The Morgan fingerprint density at radius 3 is 1.71 bits per heavy atom. The molecule has 0 radical (unpaired) electrons. The molecule has 24 heteroatoms.